The predicted molar refractivity (Wildman–Crippen MR) is 66.8 cm³/mol. The zero-order chi connectivity index (χ0) is 11.7. The number of fused-ring (bicyclic) bond motifs is 1. The summed E-state index contributed by atoms with van der Waals surface area (Å²) in [4.78, 5) is 9.41. The lowest BCUT2D eigenvalue weighted by Gasteiger charge is -2.05. The van der Waals surface area contributed by atoms with Crippen molar-refractivity contribution in [2.75, 3.05) is 5.73 Å². The SMILES string of the molecule is Nc1ccc(Sc2ncco2)c2ncccc12. The van der Waals surface area contributed by atoms with E-state index in [2.05, 4.69) is 9.97 Å². The third-order valence-electron chi connectivity index (χ3n) is 2.37. The number of nitrogen functional groups attached to an aromatic ring is 1. The lowest BCUT2D eigenvalue weighted by Crippen LogP contribution is -1.89. The Bertz CT molecular complexity index is 652. The molecule has 3 aromatic rings. The Morgan fingerprint density at radius 2 is 2.06 bits per heavy atom. The summed E-state index contributed by atoms with van der Waals surface area (Å²) in [5.74, 6) is 0. The van der Waals surface area contributed by atoms with Gasteiger partial charge in [-0.3, -0.25) is 4.98 Å². The summed E-state index contributed by atoms with van der Waals surface area (Å²) in [7, 11) is 0. The first kappa shape index (κ1) is 10.2. The van der Waals surface area contributed by atoms with Gasteiger partial charge in [-0.15, -0.1) is 0 Å². The van der Waals surface area contributed by atoms with Crippen LogP contribution in [-0.2, 0) is 0 Å². The number of anilines is 1. The Kier molecular flexibility index (Phi) is 2.45. The van der Waals surface area contributed by atoms with Crippen LogP contribution in [0.4, 0.5) is 5.69 Å². The van der Waals surface area contributed by atoms with Crippen molar-refractivity contribution < 1.29 is 4.42 Å². The van der Waals surface area contributed by atoms with Gasteiger partial charge in [0, 0.05) is 22.2 Å². The first-order chi connectivity index (χ1) is 8.34. The van der Waals surface area contributed by atoms with Crippen molar-refractivity contribution in [3.8, 4) is 0 Å². The minimum absolute atomic E-state index is 0.599. The fourth-order valence-corrected chi connectivity index (χ4v) is 2.41. The standard InChI is InChI=1S/C12H9N3OS/c13-9-3-4-10(17-12-15-6-7-16-12)11-8(9)2-1-5-14-11/h1-7H,13H2. The number of aromatic nitrogens is 2. The lowest BCUT2D eigenvalue weighted by molar-refractivity contribution is 0.454. The van der Waals surface area contributed by atoms with E-state index in [-0.39, 0.29) is 0 Å². The van der Waals surface area contributed by atoms with E-state index in [4.69, 9.17) is 10.2 Å². The summed E-state index contributed by atoms with van der Waals surface area (Å²) in [5.41, 5.74) is 7.51. The maximum atomic E-state index is 5.91. The van der Waals surface area contributed by atoms with Crippen molar-refractivity contribution in [3.05, 3.63) is 42.9 Å². The second-order valence-corrected chi connectivity index (χ2v) is 4.45. The van der Waals surface area contributed by atoms with Crippen molar-refractivity contribution in [2.24, 2.45) is 0 Å². The van der Waals surface area contributed by atoms with Gasteiger partial charge in [-0.1, -0.05) is 0 Å². The van der Waals surface area contributed by atoms with Crippen LogP contribution < -0.4 is 5.73 Å². The van der Waals surface area contributed by atoms with Gasteiger partial charge in [0.15, 0.2) is 0 Å². The molecule has 0 aliphatic rings. The molecule has 0 radical (unpaired) electrons. The van der Waals surface area contributed by atoms with Crippen LogP contribution in [0.5, 0.6) is 0 Å². The summed E-state index contributed by atoms with van der Waals surface area (Å²) < 4.78 is 5.21. The monoisotopic (exact) mass is 243 g/mol. The molecule has 0 aliphatic heterocycles. The van der Waals surface area contributed by atoms with Crippen molar-refractivity contribution in [2.45, 2.75) is 10.1 Å². The van der Waals surface area contributed by atoms with E-state index < -0.39 is 0 Å². The van der Waals surface area contributed by atoms with Gasteiger partial charge in [-0.05, 0) is 36.0 Å². The van der Waals surface area contributed by atoms with E-state index in [1.165, 1.54) is 11.8 Å². The molecule has 0 bridgehead atoms. The zero-order valence-corrected chi connectivity index (χ0v) is 9.65. The number of nitrogens with two attached hydrogens (primary N) is 1. The maximum absolute atomic E-state index is 5.91. The van der Waals surface area contributed by atoms with Gasteiger partial charge >= 0.3 is 0 Å². The van der Waals surface area contributed by atoms with Crippen molar-refractivity contribution in [1.82, 2.24) is 9.97 Å². The molecule has 0 unspecified atom stereocenters. The fraction of sp³-hybridized carbons (Fsp3) is 0. The fourth-order valence-electron chi connectivity index (χ4n) is 1.61. The van der Waals surface area contributed by atoms with Gasteiger partial charge in [0.1, 0.15) is 6.26 Å². The highest BCUT2D eigenvalue weighted by atomic mass is 32.2. The molecule has 2 heterocycles. The Balaban J connectivity index is 2.14. The second-order valence-electron chi connectivity index (χ2n) is 3.45. The summed E-state index contributed by atoms with van der Waals surface area (Å²) in [6, 6.07) is 7.63. The first-order valence-electron chi connectivity index (χ1n) is 5.05. The molecule has 3 rings (SSSR count). The Labute approximate surface area is 102 Å². The Morgan fingerprint density at radius 1 is 1.12 bits per heavy atom. The molecule has 4 nitrogen and oxygen atoms in total. The molecule has 0 fully saturated rings. The Hall–Kier alpha value is -2.01. The van der Waals surface area contributed by atoms with Gasteiger partial charge in [-0.25, -0.2) is 4.98 Å². The van der Waals surface area contributed by atoms with Crippen LogP contribution in [0.2, 0.25) is 0 Å². The van der Waals surface area contributed by atoms with E-state index in [1.54, 1.807) is 18.7 Å². The highest BCUT2D eigenvalue weighted by Crippen LogP contribution is 2.33. The summed E-state index contributed by atoms with van der Waals surface area (Å²) in [6.07, 6.45) is 4.92. The number of oxazole rings is 1. The molecule has 0 amide bonds. The van der Waals surface area contributed by atoms with Crippen molar-refractivity contribution in [1.29, 1.82) is 0 Å². The topological polar surface area (TPSA) is 64.9 Å². The lowest BCUT2D eigenvalue weighted by atomic mass is 10.2. The molecule has 0 spiro atoms. The molecule has 1 aromatic carbocycles. The normalized spacial score (nSPS) is 10.8. The molecule has 2 aromatic heterocycles. The van der Waals surface area contributed by atoms with Crippen LogP contribution in [0.25, 0.3) is 10.9 Å². The van der Waals surface area contributed by atoms with Crippen LogP contribution >= 0.6 is 11.8 Å². The largest absolute Gasteiger partial charge is 0.440 e. The average molecular weight is 243 g/mol. The number of pyridine rings is 1. The third-order valence-corrected chi connectivity index (χ3v) is 3.30. The quantitative estimate of drug-likeness (QED) is 0.701. The molecule has 0 saturated heterocycles. The van der Waals surface area contributed by atoms with Gasteiger partial charge < -0.3 is 10.2 Å². The third kappa shape index (κ3) is 1.85. The number of benzene rings is 1. The highest BCUT2D eigenvalue weighted by Gasteiger charge is 2.08. The van der Waals surface area contributed by atoms with Crippen LogP contribution in [0.3, 0.4) is 0 Å². The minimum atomic E-state index is 0.599. The van der Waals surface area contributed by atoms with E-state index in [9.17, 15) is 0 Å². The number of hydrogen-bond acceptors (Lipinski definition) is 5. The molecule has 0 saturated carbocycles. The zero-order valence-electron chi connectivity index (χ0n) is 8.83. The first-order valence-corrected chi connectivity index (χ1v) is 5.87. The van der Waals surface area contributed by atoms with Gasteiger partial charge in [0.2, 0.25) is 0 Å². The number of nitrogens with zero attached hydrogens (tertiary/aromatic N) is 2. The summed E-state index contributed by atoms with van der Waals surface area (Å²) in [5, 5.41) is 1.55. The Morgan fingerprint density at radius 3 is 2.88 bits per heavy atom. The second kappa shape index (κ2) is 4.10. The molecule has 0 aliphatic carbocycles. The van der Waals surface area contributed by atoms with Crippen molar-refractivity contribution >= 4 is 28.4 Å². The van der Waals surface area contributed by atoms with E-state index in [0.717, 1.165) is 21.5 Å². The molecule has 84 valence electrons. The summed E-state index contributed by atoms with van der Waals surface area (Å²) >= 11 is 1.44. The minimum Gasteiger partial charge on any atom is -0.440 e. The molecular formula is C12H9N3OS. The van der Waals surface area contributed by atoms with E-state index >= 15 is 0 Å². The average Bonchev–Trinajstić information content (AvgIpc) is 2.86. The maximum Gasteiger partial charge on any atom is 0.260 e. The number of hydrogen-bond donors (Lipinski definition) is 1. The number of rotatable bonds is 2. The van der Waals surface area contributed by atoms with Crippen LogP contribution in [-0.4, -0.2) is 9.97 Å². The van der Waals surface area contributed by atoms with Gasteiger partial charge in [0.25, 0.3) is 5.22 Å². The van der Waals surface area contributed by atoms with Gasteiger partial charge in [-0.2, -0.15) is 0 Å². The smallest absolute Gasteiger partial charge is 0.260 e. The molecule has 2 N–H and O–H groups in total. The van der Waals surface area contributed by atoms with Crippen LogP contribution in [0, 0.1) is 0 Å². The van der Waals surface area contributed by atoms with Gasteiger partial charge in [0.05, 0.1) is 11.7 Å². The molecule has 0 atom stereocenters. The van der Waals surface area contributed by atoms with Crippen molar-refractivity contribution in [3.63, 3.8) is 0 Å². The van der Waals surface area contributed by atoms with Crippen LogP contribution in [0.15, 0.2) is 57.5 Å². The molecule has 5 heteroatoms. The summed E-state index contributed by atoms with van der Waals surface area (Å²) in [6.45, 7) is 0. The van der Waals surface area contributed by atoms with E-state index in [0.29, 0.717) is 5.22 Å². The molecular weight excluding hydrogens is 234 g/mol. The van der Waals surface area contributed by atoms with E-state index in [1.807, 2.05) is 24.3 Å². The predicted octanol–water partition coefficient (Wildman–Crippen LogP) is 2.96. The van der Waals surface area contributed by atoms with Crippen LogP contribution in [0.1, 0.15) is 0 Å². The highest BCUT2D eigenvalue weighted by molar-refractivity contribution is 7.99. The molecule has 17 heavy (non-hydrogen) atoms.